The molecule has 0 unspecified atom stereocenters. The van der Waals surface area contributed by atoms with Crippen LogP contribution < -0.4 is 0 Å². The molecule has 0 aliphatic carbocycles. The predicted octanol–water partition coefficient (Wildman–Crippen LogP) is 5.50. The van der Waals surface area contributed by atoms with E-state index in [-0.39, 0.29) is 17.1 Å². The van der Waals surface area contributed by atoms with Gasteiger partial charge in [-0.1, -0.05) is 68.0 Å². The largest absolute Gasteiger partial charge is 0.413 e. The number of hydrogen-bond donors (Lipinski definition) is 0. The Bertz CT molecular complexity index is 367. The lowest BCUT2D eigenvalue weighted by molar-refractivity contribution is -0.109. The molecule has 0 rings (SSSR count). The van der Waals surface area contributed by atoms with E-state index < -0.39 is 8.32 Å². The van der Waals surface area contributed by atoms with Crippen molar-refractivity contribution in [2.45, 2.75) is 65.3 Å². The third-order valence-electron chi connectivity index (χ3n) is 4.02. The Labute approximate surface area is 139 Å². The second-order valence-corrected chi connectivity index (χ2v) is 12.4. The van der Waals surface area contributed by atoms with Crippen LogP contribution in [-0.2, 0) is 9.22 Å². The highest BCUT2D eigenvalue weighted by Crippen LogP contribution is 2.38. The molecule has 0 saturated carbocycles. The zero-order chi connectivity index (χ0) is 16.0. The summed E-state index contributed by atoms with van der Waals surface area (Å²) < 4.78 is 8.42. The van der Waals surface area contributed by atoms with Crippen molar-refractivity contribution in [2.24, 2.45) is 5.92 Å². The first-order valence-corrected chi connectivity index (χ1v) is 11.3. The molecule has 20 heavy (non-hydrogen) atoms. The van der Waals surface area contributed by atoms with Gasteiger partial charge in [-0.3, -0.25) is 0 Å². The lowest BCUT2D eigenvalue weighted by Crippen LogP contribution is -2.45. The molecule has 0 amide bonds. The molecule has 0 aromatic heterocycles. The van der Waals surface area contributed by atoms with E-state index in [1.165, 1.54) is 5.57 Å². The minimum Gasteiger partial charge on any atom is -0.413 e. The molecule has 0 aliphatic heterocycles. The van der Waals surface area contributed by atoms with Crippen molar-refractivity contribution in [2.75, 3.05) is 0 Å². The normalized spacial score (nSPS) is 17.3. The van der Waals surface area contributed by atoms with Gasteiger partial charge in [0, 0.05) is 6.42 Å². The first-order chi connectivity index (χ1) is 9.05. The molecule has 2 atom stereocenters. The van der Waals surface area contributed by atoms with Crippen LogP contribution in [0.4, 0.5) is 0 Å². The maximum Gasteiger partial charge on any atom is 0.192 e. The molecule has 116 valence electrons. The highest BCUT2D eigenvalue weighted by Gasteiger charge is 2.39. The molecule has 0 N–H and O–H groups in total. The van der Waals surface area contributed by atoms with E-state index in [2.05, 4.69) is 82.5 Å². The number of allylic oxidation sites excluding steroid dienone is 2. The van der Waals surface area contributed by atoms with Gasteiger partial charge in [-0.25, -0.2) is 0 Å². The summed E-state index contributed by atoms with van der Waals surface area (Å²) in [7, 11) is -1.85. The van der Waals surface area contributed by atoms with Crippen LogP contribution in [0, 0.1) is 5.92 Å². The van der Waals surface area contributed by atoms with E-state index in [0.717, 1.165) is 6.29 Å². The van der Waals surface area contributed by atoms with E-state index in [4.69, 9.17) is 4.43 Å². The second-order valence-electron chi connectivity index (χ2n) is 6.88. The van der Waals surface area contributed by atoms with Crippen molar-refractivity contribution in [1.82, 2.24) is 0 Å². The molecule has 0 aliphatic rings. The van der Waals surface area contributed by atoms with Gasteiger partial charge >= 0.3 is 0 Å². The van der Waals surface area contributed by atoms with E-state index in [9.17, 15) is 4.79 Å². The number of carbonyl (C=O) groups is 1. The Kier molecular flexibility index (Phi) is 8.51. The summed E-state index contributed by atoms with van der Waals surface area (Å²) in [6.45, 7) is 15.4. The standard InChI is InChI=1S/C16H29IO2Si/c1-13(8-10-17)12-14(2)15(9-11-18)19-20(6,7)16(3,4)5/h8,10-12,14-15H,9H2,1-7H3/t14-,15-/m0/s1. The summed E-state index contributed by atoms with van der Waals surface area (Å²) in [6, 6.07) is 0. The fourth-order valence-corrected chi connectivity index (χ4v) is 3.69. The Morgan fingerprint density at radius 2 is 1.90 bits per heavy atom. The SMILES string of the molecule is CC(C=CI)=C[C@H](C)[C@H](CC=O)O[Si](C)(C)C(C)(C)C. The molecular weight excluding hydrogens is 379 g/mol. The quantitative estimate of drug-likeness (QED) is 0.241. The highest BCUT2D eigenvalue weighted by atomic mass is 127. The van der Waals surface area contributed by atoms with E-state index in [0.29, 0.717) is 6.42 Å². The maximum atomic E-state index is 11.0. The molecule has 0 fully saturated rings. The van der Waals surface area contributed by atoms with Gasteiger partial charge in [-0.2, -0.15) is 0 Å². The van der Waals surface area contributed by atoms with Gasteiger partial charge in [0.1, 0.15) is 6.29 Å². The number of hydrogen-bond acceptors (Lipinski definition) is 2. The Hall–Kier alpha value is 0.0569. The van der Waals surface area contributed by atoms with E-state index >= 15 is 0 Å². The van der Waals surface area contributed by atoms with Gasteiger partial charge in [0.2, 0.25) is 0 Å². The second kappa shape index (κ2) is 8.49. The molecule has 0 aromatic carbocycles. The molecule has 0 radical (unpaired) electrons. The van der Waals surface area contributed by atoms with Crippen molar-refractivity contribution < 1.29 is 9.22 Å². The van der Waals surface area contributed by atoms with Crippen LogP contribution in [-0.4, -0.2) is 20.7 Å². The molecule has 0 saturated heterocycles. The Morgan fingerprint density at radius 3 is 2.30 bits per heavy atom. The summed E-state index contributed by atoms with van der Waals surface area (Å²) in [5.74, 6) is 0.238. The van der Waals surface area contributed by atoms with Gasteiger partial charge < -0.3 is 9.22 Å². The number of halogens is 1. The summed E-state index contributed by atoms with van der Waals surface area (Å²) >= 11 is 2.21. The first-order valence-electron chi connectivity index (χ1n) is 7.11. The average molecular weight is 408 g/mol. The van der Waals surface area contributed by atoms with Crippen molar-refractivity contribution in [3.8, 4) is 0 Å². The Balaban J connectivity index is 5.07. The lowest BCUT2D eigenvalue weighted by atomic mass is 10.00. The summed E-state index contributed by atoms with van der Waals surface area (Å²) in [5.41, 5.74) is 1.21. The van der Waals surface area contributed by atoms with Crippen LogP contribution >= 0.6 is 22.6 Å². The van der Waals surface area contributed by atoms with E-state index in [1.807, 2.05) is 4.08 Å². The zero-order valence-corrected chi connectivity index (χ0v) is 17.0. The van der Waals surface area contributed by atoms with E-state index in [1.54, 1.807) is 0 Å². The number of carbonyl (C=O) groups excluding carboxylic acids is 1. The average Bonchev–Trinajstić information content (AvgIpc) is 2.26. The molecule has 4 heteroatoms. The van der Waals surface area contributed by atoms with Gasteiger partial charge in [-0.15, -0.1) is 0 Å². The van der Waals surface area contributed by atoms with Crippen LogP contribution in [0.15, 0.2) is 21.8 Å². The van der Waals surface area contributed by atoms with Crippen molar-refractivity contribution >= 4 is 37.2 Å². The lowest BCUT2D eigenvalue weighted by Gasteiger charge is -2.40. The number of aldehydes is 1. The minimum atomic E-state index is -1.85. The topological polar surface area (TPSA) is 26.3 Å². The first kappa shape index (κ1) is 20.1. The molecule has 0 heterocycles. The van der Waals surface area contributed by atoms with Crippen LogP contribution in [0.5, 0.6) is 0 Å². The summed E-state index contributed by atoms with van der Waals surface area (Å²) in [6.07, 6.45) is 5.68. The predicted molar refractivity (Wildman–Crippen MR) is 98.8 cm³/mol. The van der Waals surface area contributed by atoms with Crippen LogP contribution in [0.1, 0.15) is 41.0 Å². The van der Waals surface area contributed by atoms with Crippen LogP contribution in [0.3, 0.4) is 0 Å². The highest BCUT2D eigenvalue weighted by molar-refractivity contribution is 14.1. The van der Waals surface area contributed by atoms with Gasteiger partial charge in [0.15, 0.2) is 8.32 Å². The fourth-order valence-electron chi connectivity index (χ4n) is 1.70. The van der Waals surface area contributed by atoms with Crippen LogP contribution in [0.2, 0.25) is 18.1 Å². The monoisotopic (exact) mass is 408 g/mol. The Morgan fingerprint density at radius 1 is 1.35 bits per heavy atom. The third-order valence-corrected chi connectivity index (χ3v) is 8.88. The molecule has 0 spiro atoms. The summed E-state index contributed by atoms with van der Waals surface area (Å²) in [5, 5.41) is 0.161. The van der Waals surface area contributed by atoms with Crippen molar-refractivity contribution in [3.63, 3.8) is 0 Å². The van der Waals surface area contributed by atoms with Gasteiger partial charge in [0.25, 0.3) is 0 Å². The molecular formula is C16H29IO2Si. The maximum absolute atomic E-state index is 11.0. The minimum absolute atomic E-state index is 0.0223. The van der Waals surface area contributed by atoms with Crippen LogP contribution in [0.25, 0.3) is 0 Å². The summed E-state index contributed by atoms with van der Waals surface area (Å²) in [4.78, 5) is 11.0. The molecule has 0 bridgehead atoms. The molecule has 0 aromatic rings. The van der Waals surface area contributed by atoms with Crippen molar-refractivity contribution in [1.29, 1.82) is 0 Å². The zero-order valence-electron chi connectivity index (χ0n) is 13.9. The van der Waals surface area contributed by atoms with Gasteiger partial charge in [0.05, 0.1) is 6.10 Å². The smallest absolute Gasteiger partial charge is 0.192 e. The third kappa shape index (κ3) is 6.67. The number of rotatable bonds is 7. The van der Waals surface area contributed by atoms with Gasteiger partial charge in [-0.05, 0) is 35.1 Å². The van der Waals surface area contributed by atoms with Crippen molar-refractivity contribution in [3.05, 3.63) is 21.8 Å². The fraction of sp³-hybridized carbons (Fsp3) is 0.688. The molecule has 2 nitrogen and oxygen atoms in total.